The molecule has 1 N–H and O–H groups in total. The number of hydrogen-bond donors (Lipinski definition) is 1. The summed E-state index contributed by atoms with van der Waals surface area (Å²) in [6.45, 7) is 7.12. The van der Waals surface area contributed by atoms with Gasteiger partial charge in [-0.15, -0.1) is 0 Å². The van der Waals surface area contributed by atoms with Crippen molar-refractivity contribution in [3.05, 3.63) is 35.9 Å². The average molecular weight is 399 g/mol. The SMILES string of the molecule is CC[C@@H](C(=O)CP(=O)(OC)OC)[C@H](NC(=O)OC(C)(C)C)c1ccccc1. The van der Waals surface area contributed by atoms with Gasteiger partial charge in [0.2, 0.25) is 0 Å². The standard InChI is InChI=1S/C19H30NO6P/c1-7-15(16(21)13-27(23,24-5)25-6)17(14-11-9-8-10-12-14)20-18(22)26-19(2,3)4/h8-12,15,17H,7,13H2,1-6H3,(H,20,22)/t15-,17+/m0/s1. The second-order valence-electron chi connectivity index (χ2n) is 7.15. The zero-order valence-electron chi connectivity index (χ0n) is 16.9. The van der Waals surface area contributed by atoms with Crippen LogP contribution in [0.5, 0.6) is 0 Å². The van der Waals surface area contributed by atoms with Crippen LogP contribution in [0.15, 0.2) is 30.3 Å². The van der Waals surface area contributed by atoms with Gasteiger partial charge in [0.1, 0.15) is 17.5 Å². The Kier molecular flexibility index (Phi) is 8.66. The molecule has 0 aliphatic rings. The monoisotopic (exact) mass is 399 g/mol. The summed E-state index contributed by atoms with van der Waals surface area (Å²) in [6, 6.07) is 8.52. The van der Waals surface area contributed by atoms with Crippen LogP contribution in [0.3, 0.4) is 0 Å². The van der Waals surface area contributed by atoms with Crippen LogP contribution in [-0.4, -0.2) is 37.9 Å². The normalized spacial score (nSPS) is 14.3. The maximum absolute atomic E-state index is 12.9. The van der Waals surface area contributed by atoms with Gasteiger partial charge in [-0.3, -0.25) is 9.36 Å². The van der Waals surface area contributed by atoms with Crippen molar-refractivity contribution in [2.45, 2.75) is 45.8 Å². The molecule has 152 valence electrons. The summed E-state index contributed by atoms with van der Waals surface area (Å²) in [6.07, 6.45) is -0.552. The van der Waals surface area contributed by atoms with E-state index in [-0.39, 0.29) is 11.9 Å². The second kappa shape index (κ2) is 10.0. The van der Waals surface area contributed by atoms with Gasteiger partial charge in [0.15, 0.2) is 0 Å². The molecule has 0 spiro atoms. The largest absolute Gasteiger partial charge is 0.444 e. The first-order valence-electron chi connectivity index (χ1n) is 8.83. The van der Waals surface area contributed by atoms with Gasteiger partial charge < -0.3 is 19.1 Å². The van der Waals surface area contributed by atoms with Crippen LogP contribution in [0.25, 0.3) is 0 Å². The van der Waals surface area contributed by atoms with Crippen molar-refractivity contribution in [3.63, 3.8) is 0 Å². The number of amides is 1. The van der Waals surface area contributed by atoms with E-state index in [0.717, 1.165) is 5.56 Å². The lowest BCUT2D eigenvalue weighted by molar-refractivity contribution is -0.121. The van der Waals surface area contributed by atoms with E-state index in [4.69, 9.17) is 13.8 Å². The van der Waals surface area contributed by atoms with Gasteiger partial charge in [0, 0.05) is 20.1 Å². The number of nitrogens with one attached hydrogen (secondary N) is 1. The maximum Gasteiger partial charge on any atom is 0.408 e. The topological polar surface area (TPSA) is 90.9 Å². The third-order valence-corrected chi connectivity index (χ3v) is 5.80. The Morgan fingerprint density at radius 1 is 1.11 bits per heavy atom. The van der Waals surface area contributed by atoms with E-state index in [1.165, 1.54) is 14.2 Å². The van der Waals surface area contributed by atoms with Gasteiger partial charge in [0.05, 0.1) is 6.04 Å². The molecule has 0 saturated carbocycles. The highest BCUT2D eigenvalue weighted by atomic mass is 31.2. The van der Waals surface area contributed by atoms with Gasteiger partial charge in [0.25, 0.3) is 0 Å². The molecule has 0 aliphatic heterocycles. The molecular formula is C19H30NO6P. The molecule has 0 radical (unpaired) electrons. The molecule has 0 bridgehead atoms. The lowest BCUT2D eigenvalue weighted by atomic mass is 9.88. The number of hydrogen-bond acceptors (Lipinski definition) is 6. The Bertz CT molecular complexity index is 663. The van der Waals surface area contributed by atoms with E-state index >= 15 is 0 Å². The van der Waals surface area contributed by atoms with E-state index in [9.17, 15) is 14.2 Å². The zero-order chi connectivity index (χ0) is 20.7. The van der Waals surface area contributed by atoms with Crippen molar-refractivity contribution in [1.29, 1.82) is 0 Å². The van der Waals surface area contributed by atoms with Gasteiger partial charge in [-0.2, -0.15) is 0 Å². The highest BCUT2D eigenvalue weighted by molar-refractivity contribution is 7.54. The van der Waals surface area contributed by atoms with E-state index in [1.807, 2.05) is 37.3 Å². The number of ketones is 1. The lowest BCUT2D eigenvalue weighted by Gasteiger charge is -2.29. The number of rotatable bonds is 9. The molecule has 0 fully saturated rings. The summed E-state index contributed by atoms with van der Waals surface area (Å²) in [4.78, 5) is 25.2. The van der Waals surface area contributed by atoms with Gasteiger partial charge in [-0.1, -0.05) is 37.3 Å². The van der Waals surface area contributed by atoms with Crippen molar-refractivity contribution in [3.8, 4) is 0 Å². The number of alkyl carbamates (subject to hydrolysis) is 1. The molecular weight excluding hydrogens is 369 g/mol. The maximum atomic E-state index is 12.9. The molecule has 1 aromatic carbocycles. The zero-order valence-corrected chi connectivity index (χ0v) is 17.7. The van der Waals surface area contributed by atoms with Crippen molar-refractivity contribution in [2.75, 3.05) is 20.4 Å². The quantitative estimate of drug-likeness (QED) is 0.622. The van der Waals surface area contributed by atoms with Gasteiger partial charge in [-0.25, -0.2) is 4.79 Å². The first-order chi connectivity index (χ1) is 12.5. The molecule has 7 nitrogen and oxygen atoms in total. The molecule has 8 heteroatoms. The molecule has 1 rings (SSSR count). The van der Waals surface area contributed by atoms with Crippen LogP contribution < -0.4 is 5.32 Å². The molecule has 2 atom stereocenters. The fourth-order valence-corrected chi connectivity index (χ4v) is 3.70. The molecule has 27 heavy (non-hydrogen) atoms. The molecule has 0 aromatic heterocycles. The molecule has 1 amide bonds. The lowest BCUT2D eigenvalue weighted by Crippen LogP contribution is -2.40. The van der Waals surface area contributed by atoms with E-state index in [1.54, 1.807) is 20.8 Å². The highest BCUT2D eigenvalue weighted by Crippen LogP contribution is 2.47. The molecule has 0 unspecified atom stereocenters. The van der Waals surface area contributed by atoms with Crippen LogP contribution in [-0.2, 0) is 23.1 Å². The molecule has 0 heterocycles. The third kappa shape index (κ3) is 7.45. The van der Waals surface area contributed by atoms with Crippen LogP contribution in [0.1, 0.15) is 45.7 Å². The second-order valence-corrected chi connectivity index (χ2v) is 9.42. The number of Topliss-reactive ketones (excluding diaryl/α,β-unsaturated/α-hetero) is 1. The Balaban J connectivity index is 3.13. The minimum atomic E-state index is -3.50. The third-order valence-electron chi connectivity index (χ3n) is 3.99. The van der Waals surface area contributed by atoms with Crippen molar-refractivity contribution in [2.24, 2.45) is 5.92 Å². The van der Waals surface area contributed by atoms with Crippen LogP contribution in [0.2, 0.25) is 0 Å². The summed E-state index contributed by atoms with van der Waals surface area (Å²) in [7, 11) is -1.01. The van der Waals surface area contributed by atoms with Crippen molar-refractivity contribution >= 4 is 19.5 Å². The number of carbonyl (C=O) groups is 2. The number of ether oxygens (including phenoxy) is 1. The van der Waals surface area contributed by atoms with Crippen LogP contribution in [0, 0.1) is 5.92 Å². The van der Waals surface area contributed by atoms with E-state index in [2.05, 4.69) is 5.32 Å². The van der Waals surface area contributed by atoms with Gasteiger partial charge >= 0.3 is 13.7 Å². The van der Waals surface area contributed by atoms with Crippen molar-refractivity contribution < 1.29 is 27.9 Å². The Morgan fingerprint density at radius 3 is 2.11 bits per heavy atom. The smallest absolute Gasteiger partial charge is 0.408 e. The first kappa shape index (κ1) is 23.3. The van der Waals surface area contributed by atoms with Crippen molar-refractivity contribution in [1.82, 2.24) is 5.32 Å². The predicted molar refractivity (Wildman–Crippen MR) is 104 cm³/mol. The van der Waals surface area contributed by atoms with E-state index in [0.29, 0.717) is 6.42 Å². The minimum Gasteiger partial charge on any atom is -0.444 e. The Morgan fingerprint density at radius 2 is 1.67 bits per heavy atom. The summed E-state index contributed by atoms with van der Waals surface area (Å²) in [5.41, 5.74) is 0.0898. The minimum absolute atomic E-state index is 0.311. The Labute approximate surface area is 161 Å². The van der Waals surface area contributed by atoms with Gasteiger partial charge in [-0.05, 0) is 32.8 Å². The first-order valence-corrected chi connectivity index (χ1v) is 10.6. The van der Waals surface area contributed by atoms with Crippen LogP contribution >= 0.6 is 7.60 Å². The van der Waals surface area contributed by atoms with E-state index < -0.39 is 31.2 Å². The predicted octanol–water partition coefficient (Wildman–Crippen LogP) is 4.33. The van der Waals surface area contributed by atoms with Crippen LogP contribution in [0.4, 0.5) is 4.79 Å². The summed E-state index contributed by atoms with van der Waals surface area (Å²) in [5, 5.41) is 2.79. The molecule has 0 saturated heterocycles. The highest BCUT2D eigenvalue weighted by Gasteiger charge is 2.35. The summed E-state index contributed by atoms with van der Waals surface area (Å²) >= 11 is 0. The fourth-order valence-electron chi connectivity index (χ4n) is 2.67. The average Bonchev–Trinajstić information content (AvgIpc) is 2.60. The number of carbonyl (C=O) groups excluding carboxylic acids is 2. The fraction of sp³-hybridized carbons (Fsp3) is 0.579. The summed E-state index contributed by atoms with van der Waals surface area (Å²) < 4.78 is 27.5. The Hall–Kier alpha value is -1.69. The summed E-state index contributed by atoms with van der Waals surface area (Å²) in [5.74, 6) is -0.923. The molecule has 1 aromatic rings. The molecule has 0 aliphatic carbocycles. The number of benzene rings is 1.